The molecule has 5 N–H and O–H groups in total. The van der Waals surface area contributed by atoms with Crippen LogP contribution in [0.2, 0.25) is 5.02 Å². The number of amides is 1. The molecule has 2 heterocycles. The molecule has 3 atom stereocenters. The van der Waals surface area contributed by atoms with Crippen LogP contribution >= 0.6 is 11.6 Å². The molecule has 37 heavy (non-hydrogen) atoms. The first-order valence-corrected chi connectivity index (χ1v) is 13.0. The highest BCUT2D eigenvalue weighted by atomic mass is 35.5. The Morgan fingerprint density at radius 2 is 1.92 bits per heavy atom. The van der Waals surface area contributed by atoms with Crippen molar-refractivity contribution >= 4 is 46.3 Å². The van der Waals surface area contributed by atoms with Gasteiger partial charge in [0.05, 0.1) is 23.0 Å². The summed E-state index contributed by atoms with van der Waals surface area (Å²) in [5.74, 6) is -1.19. The van der Waals surface area contributed by atoms with Crippen molar-refractivity contribution in [1.82, 2.24) is 19.5 Å². The first kappa shape index (κ1) is 25.6. The SMILES string of the molecule is C[C@@H]1CC[C@@H](Nc2ncc3nc(Nc4c(F)cc(F)cc4Cl)n(C4CCC(C(N)=O)CC4)c3n2)CC1O. The van der Waals surface area contributed by atoms with E-state index in [0.29, 0.717) is 55.2 Å². The summed E-state index contributed by atoms with van der Waals surface area (Å²) in [7, 11) is 0. The van der Waals surface area contributed by atoms with Crippen LogP contribution in [0.15, 0.2) is 18.3 Å². The van der Waals surface area contributed by atoms with Crippen molar-refractivity contribution in [2.75, 3.05) is 10.6 Å². The Balaban J connectivity index is 1.50. The Labute approximate surface area is 217 Å². The monoisotopic (exact) mass is 533 g/mol. The van der Waals surface area contributed by atoms with Gasteiger partial charge in [-0.2, -0.15) is 4.98 Å². The molecule has 2 aromatic heterocycles. The molecule has 0 spiro atoms. The number of primary amides is 1. The number of nitrogens with one attached hydrogen (secondary N) is 2. The highest BCUT2D eigenvalue weighted by Crippen LogP contribution is 2.38. The topological polar surface area (TPSA) is 131 Å². The lowest BCUT2D eigenvalue weighted by Crippen LogP contribution is -2.35. The van der Waals surface area contributed by atoms with E-state index in [-0.39, 0.29) is 46.6 Å². The van der Waals surface area contributed by atoms with E-state index in [0.717, 1.165) is 25.0 Å². The van der Waals surface area contributed by atoms with Gasteiger partial charge in [0.1, 0.15) is 11.3 Å². The second kappa shape index (κ2) is 10.4. The molecule has 198 valence electrons. The van der Waals surface area contributed by atoms with Crippen LogP contribution in [0.1, 0.15) is 57.9 Å². The number of benzene rings is 1. The van der Waals surface area contributed by atoms with Gasteiger partial charge < -0.3 is 21.5 Å². The highest BCUT2D eigenvalue weighted by Gasteiger charge is 2.30. The fourth-order valence-electron chi connectivity index (χ4n) is 5.40. The number of halogens is 3. The van der Waals surface area contributed by atoms with Gasteiger partial charge in [-0.25, -0.2) is 18.7 Å². The summed E-state index contributed by atoms with van der Waals surface area (Å²) in [6.07, 6.45) is 6.12. The number of rotatable bonds is 6. The normalized spacial score (nSPS) is 26.2. The average molecular weight is 534 g/mol. The summed E-state index contributed by atoms with van der Waals surface area (Å²) in [5.41, 5.74) is 6.45. The fourth-order valence-corrected chi connectivity index (χ4v) is 5.64. The summed E-state index contributed by atoms with van der Waals surface area (Å²) in [6.45, 7) is 2.04. The van der Waals surface area contributed by atoms with E-state index in [4.69, 9.17) is 22.3 Å². The molecule has 1 aromatic carbocycles. The van der Waals surface area contributed by atoms with Gasteiger partial charge in [0.15, 0.2) is 11.5 Å². The maximum Gasteiger partial charge on any atom is 0.224 e. The number of hydrogen-bond acceptors (Lipinski definition) is 7. The quantitative estimate of drug-likeness (QED) is 0.362. The standard InChI is InChI=1S/C25H30ClF2N7O2/c1-12-2-5-15(10-20(12)36)31-24-30-11-19-23(34-24)35(16-6-3-13(4-7-16)22(29)37)25(32-19)33-21-17(26)8-14(27)9-18(21)28/h8-9,11-13,15-16,20,36H,2-7,10H2,1H3,(H2,29,37)(H,32,33)(H,30,31,34)/t12-,13?,15-,16?,20?/m1/s1. The van der Waals surface area contributed by atoms with E-state index in [9.17, 15) is 18.7 Å². The number of hydrogen-bond donors (Lipinski definition) is 4. The second-order valence-corrected chi connectivity index (χ2v) is 10.6. The van der Waals surface area contributed by atoms with Gasteiger partial charge in [0, 0.05) is 24.1 Å². The Hall–Kier alpha value is -3.05. The van der Waals surface area contributed by atoms with Crippen LogP contribution in [-0.4, -0.2) is 42.7 Å². The number of aromatic nitrogens is 4. The highest BCUT2D eigenvalue weighted by molar-refractivity contribution is 6.33. The molecule has 1 unspecified atom stereocenters. The first-order valence-electron chi connectivity index (χ1n) is 12.6. The van der Waals surface area contributed by atoms with Crippen molar-refractivity contribution in [1.29, 1.82) is 0 Å². The van der Waals surface area contributed by atoms with E-state index < -0.39 is 11.6 Å². The molecule has 9 nitrogen and oxygen atoms in total. The van der Waals surface area contributed by atoms with E-state index in [1.807, 2.05) is 11.5 Å². The van der Waals surface area contributed by atoms with Crippen LogP contribution in [-0.2, 0) is 4.79 Å². The summed E-state index contributed by atoms with van der Waals surface area (Å²) in [5, 5.41) is 16.4. The van der Waals surface area contributed by atoms with Crippen LogP contribution in [0.25, 0.3) is 11.2 Å². The zero-order chi connectivity index (χ0) is 26.3. The van der Waals surface area contributed by atoms with Gasteiger partial charge >= 0.3 is 0 Å². The molecule has 3 aromatic rings. The van der Waals surface area contributed by atoms with Crippen molar-refractivity contribution < 1.29 is 18.7 Å². The number of imidazole rings is 1. The minimum atomic E-state index is -0.848. The number of anilines is 3. The number of nitrogens with two attached hydrogens (primary N) is 1. The summed E-state index contributed by atoms with van der Waals surface area (Å²) in [6, 6.07) is 1.72. The summed E-state index contributed by atoms with van der Waals surface area (Å²) >= 11 is 6.14. The molecule has 2 saturated carbocycles. The van der Waals surface area contributed by atoms with E-state index in [1.165, 1.54) is 0 Å². The Bertz CT molecular complexity index is 1290. The lowest BCUT2D eigenvalue weighted by atomic mass is 9.85. The Morgan fingerprint density at radius 3 is 2.59 bits per heavy atom. The number of carbonyl (C=O) groups excluding carboxylic acids is 1. The van der Waals surface area contributed by atoms with Crippen LogP contribution < -0.4 is 16.4 Å². The third kappa shape index (κ3) is 5.33. The van der Waals surface area contributed by atoms with Crippen LogP contribution in [0.3, 0.4) is 0 Å². The largest absolute Gasteiger partial charge is 0.393 e. The molecule has 0 aliphatic heterocycles. The van der Waals surface area contributed by atoms with Crippen molar-refractivity contribution in [2.24, 2.45) is 17.6 Å². The van der Waals surface area contributed by atoms with Gasteiger partial charge in [0.25, 0.3) is 0 Å². The first-order chi connectivity index (χ1) is 17.7. The molecular weight excluding hydrogens is 504 g/mol. The Morgan fingerprint density at radius 1 is 1.16 bits per heavy atom. The number of aliphatic hydroxyl groups is 1. The van der Waals surface area contributed by atoms with Crippen LogP contribution in [0.4, 0.5) is 26.4 Å². The Kier molecular flexibility index (Phi) is 7.17. The molecular formula is C25H30ClF2N7O2. The number of nitrogens with zero attached hydrogens (tertiary/aromatic N) is 4. The minimum absolute atomic E-state index is 0.0377. The smallest absolute Gasteiger partial charge is 0.224 e. The van der Waals surface area contributed by atoms with Crippen molar-refractivity contribution in [3.05, 3.63) is 35.0 Å². The third-order valence-corrected chi connectivity index (χ3v) is 7.93. The van der Waals surface area contributed by atoms with Gasteiger partial charge in [-0.1, -0.05) is 18.5 Å². The molecule has 1 amide bonds. The molecule has 0 bridgehead atoms. The maximum absolute atomic E-state index is 14.6. The molecule has 0 radical (unpaired) electrons. The van der Waals surface area contributed by atoms with Gasteiger partial charge in [-0.3, -0.25) is 9.36 Å². The zero-order valence-electron chi connectivity index (χ0n) is 20.4. The molecule has 2 aliphatic rings. The summed E-state index contributed by atoms with van der Waals surface area (Å²) in [4.78, 5) is 25.5. The van der Waals surface area contributed by atoms with Gasteiger partial charge in [-0.05, 0) is 56.9 Å². The van der Waals surface area contributed by atoms with E-state index in [2.05, 4.69) is 20.6 Å². The summed E-state index contributed by atoms with van der Waals surface area (Å²) < 4.78 is 30.1. The number of aliphatic hydroxyl groups excluding tert-OH is 1. The van der Waals surface area contributed by atoms with Crippen LogP contribution in [0.5, 0.6) is 0 Å². The average Bonchev–Trinajstić information content (AvgIpc) is 3.21. The lowest BCUT2D eigenvalue weighted by molar-refractivity contribution is -0.122. The zero-order valence-corrected chi connectivity index (χ0v) is 21.2. The van der Waals surface area contributed by atoms with Crippen molar-refractivity contribution in [2.45, 2.75) is 70.1 Å². The maximum atomic E-state index is 14.6. The molecule has 2 fully saturated rings. The predicted octanol–water partition coefficient (Wildman–Crippen LogP) is 4.68. The van der Waals surface area contributed by atoms with Crippen LogP contribution in [0, 0.1) is 23.5 Å². The number of fused-ring (bicyclic) bond motifs is 1. The second-order valence-electron chi connectivity index (χ2n) is 10.2. The molecule has 0 saturated heterocycles. The fraction of sp³-hybridized carbons (Fsp3) is 0.520. The van der Waals surface area contributed by atoms with E-state index in [1.54, 1.807) is 6.20 Å². The minimum Gasteiger partial charge on any atom is -0.393 e. The molecule has 2 aliphatic carbocycles. The lowest BCUT2D eigenvalue weighted by Gasteiger charge is -2.31. The van der Waals surface area contributed by atoms with Crippen molar-refractivity contribution in [3.8, 4) is 0 Å². The van der Waals surface area contributed by atoms with E-state index >= 15 is 0 Å². The number of carbonyl (C=O) groups is 1. The van der Waals surface area contributed by atoms with Crippen molar-refractivity contribution in [3.63, 3.8) is 0 Å². The van der Waals surface area contributed by atoms with Gasteiger partial charge in [-0.15, -0.1) is 0 Å². The predicted molar refractivity (Wildman–Crippen MR) is 137 cm³/mol. The van der Waals surface area contributed by atoms with Gasteiger partial charge in [0.2, 0.25) is 17.8 Å². The molecule has 12 heteroatoms. The third-order valence-electron chi connectivity index (χ3n) is 7.63. The molecule has 5 rings (SSSR count).